The summed E-state index contributed by atoms with van der Waals surface area (Å²) < 4.78 is 5.49. The van der Waals surface area contributed by atoms with E-state index in [4.69, 9.17) is 16.3 Å². The number of para-hydroxylation sites is 1. The Kier molecular flexibility index (Phi) is 6.11. The third kappa shape index (κ3) is 4.23. The van der Waals surface area contributed by atoms with Crippen LogP contribution in [0, 0.1) is 0 Å². The van der Waals surface area contributed by atoms with Crippen LogP contribution in [-0.2, 0) is 14.4 Å². The molecular weight excluding hydrogens is 380 g/mol. The van der Waals surface area contributed by atoms with E-state index in [0.717, 1.165) is 4.90 Å². The number of carbonyl (C=O) groups excluding carboxylic acids is 3. The van der Waals surface area contributed by atoms with Gasteiger partial charge < -0.3 is 9.64 Å². The van der Waals surface area contributed by atoms with Gasteiger partial charge in [-0.05, 0) is 36.4 Å². The van der Waals surface area contributed by atoms with E-state index in [2.05, 4.69) is 6.58 Å². The fourth-order valence-electron chi connectivity index (χ4n) is 3.01. The standard InChI is InChI=1S/C21H19ClN2O4/c1-2-12-23(20(26)14-28-17-6-4-3-5-7-17)18-13-19(25)24(21(18)27)16-10-8-15(22)9-11-16/h2-11,18H,1,12-14H2. The Bertz CT molecular complexity index is 883. The van der Waals surface area contributed by atoms with Crippen LogP contribution < -0.4 is 9.64 Å². The average molecular weight is 399 g/mol. The van der Waals surface area contributed by atoms with Crippen molar-refractivity contribution in [2.45, 2.75) is 12.5 Å². The molecule has 1 atom stereocenters. The smallest absolute Gasteiger partial charge is 0.261 e. The van der Waals surface area contributed by atoms with Crippen molar-refractivity contribution in [3.05, 3.63) is 72.3 Å². The fourth-order valence-corrected chi connectivity index (χ4v) is 3.13. The molecule has 0 bridgehead atoms. The highest BCUT2D eigenvalue weighted by Gasteiger charge is 2.44. The van der Waals surface area contributed by atoms with Crippen LogP contribution in [0.3, 0.4) is 0 Å². The molecule has 0 N–H and O–H groups in total. The lowest BCUT2D eigenvalue weighted by atomic mass is 10.2. The average Bonchev–Trinajstić information content (AvgIpc) is 2.99. The summed E-state index contributed by atoms with van der Waals surface area (Å²) in [5.41, 5.74) is 0.424. The molecule has 3 amide bonds. The van der Waals surface area contributed by atoms with Crippen LogP contribution in [0.15, 0.2) is 67.3 Å². The topological polar surface area (TPSA) is 66.9 Å². The minimum absolute atomic E-state index is 0.0909. The summed E-state index contributed by atoms with van der Waals surface area (Å²) in [6.07, 6.45) is 1.43. The first kappa shape index (κ1) is 19.6. The molecule has 1 aliphatic heterocycles. The summed E-state index contributed by atoms with van der Waals surface area (Å²) in [4.78, 5) is 40.5. The Balaban J connectivity index is 1.75. The van der Waals surface area contributed by atoms with Gasteiger partial charge in [0.15, 0.2) is 6.61 Å². The van der Waals surface area contributed by atoms with Gasteiger partial charge in [0.1, 0.15) is 11.8 Å². The molecule has 6 nitrogen and oxygen atoms in total. The zero-order chi connectivity index (χ0) is 20.1. The van der Waals surface area contributed by atoms with Crippen LogP contribution in [0.2, 0.25) is 5.02 Å². The molecule has 144 valence electrons. The van der Waals surface area contributed by atoms with Gasteiger partial charge in [-0.1, -0.05) is 35.9 Å². The van der Waals surface area contributed by atoms with Crippen molar-refractivity contribution in [3.8, 4) is 5.75 Å². The number of rotatable bonds is 7. The largest absolute Gasteiger partial charge is 0.484 e. The van der Waals surface area contributed by atoms with Crippen molar-refractivity contribution in [2.24, 2.45) is 0 Å². The Labute approximate surface area is 167 Å². The summed E-state index contributed by atoms with van der Waals surface area (Å²) in [7, 11) is 0. The monoisotopic (exact) mass is 398 g/mol. The van der Waals surface area contributed by atoms with E-state index in [1.165, 1.54) is 11.0 Å². The van der Waals surface area contributed by atoms with E-state index in [1.54, 1.807) is 48.5 Å². The van der Waals surface area contributed by atoms with Gasteiger partial charge in [-0.15, -0.1) is 6.58 Å². The molecule has 1 saturated heterocycles. The molecule has 28 heavy (non-hydrogen) atoms. The van der Waals surface area contributed by atoms with E-state index < -0.39 is 17.9 Å². The van der Waals surface area contributed by atoms with Crippen molar-refractivity contribution in [1.29, 1.82) is 0 Å². The van der Waals surface area contributed by atoms with Gasteiger partial charge in [0.25, 0.3) is 11.8 Å². The lowest BCUT2D eigenvalue weighted by Gasteiger charge is -2.26. The summed E-state index contributed by atoms with van der Waals surface area (Å²) in [5, 5.41) is 0.501. The molecule has 2 aromatic carbocycles. The predicted octanol–water partition coefficient (Wildman–Crippen LogP) is 3.07. The van der Waals surface area contributed by atoms with Gasteiger partial charge in [0.2, 0.25) is 5.91 Å². The Morgan fingerprint density at radius 2 is 1.86 bits per heavy atom. The first-order valence-electron chi connectivity index (χ1n) is 8.72. The second kappa shape index (κ2) is 8.71. The van der Waals surface area contributed by atoms with E-state index >= 15 is 0 Å². The first-order chi connectivity index (χ1) is 13.5. The number of hydrogen-bond acceptors (Lipinski definition) is 4. The van der Waals surface area contributed by atoms with E-state index in [-0.39, 0.29) is 25.5 Å². The van der Waals surface area contributed by atoms with Gasteiger partial charge in [0, 0.05) is 11.6 Å². The summed E-state index contributed by atoms with van der Waals surface area (Å²) >= 11 is 5.87. The van der Waals surface area contributed by atoms with Crippen LogP contribution >= 0.6 is 11.6 Å². The molecule has 1 fully saturated rings. The third-order valence-corrected chi connectivity index (χ3v) is 4.59. The third-order valence-electron chi connectivity index (χ3n) is 4.34. The van der Waals surface area contributed by atoms with Crippen LogP contribution in [0.5, 0.6) is 5.75 Å². The maximum absolute atomic E-state index is 12.9. The van der Waals surface area contributed by atoms with E-state index in [1.807, 2.05) is 6.07 Å². The lowest BCUT2D eigenvalue weighted by molar-refractivity contribution is -0.139. The van der Waals surface area contributed by atoms with Gasteiger partial charge in [0.05, 0.1) is 12.1 Å². The number of anilines is 1. The highest BCUT2D eigenvalue weighted by atomic mass is 35.5. The Hall–Kier alpha value is -3.12. The molecule has 7 heteroatoms. The zero-order valence-electron chi connectivity index (χ0n) is 15.1. The number of imide groups is 1. The quantitative estimate of drug-likeness (QED) is 0.531. The Morgan fingerprint density at radius 3 is 2.50 bits per heavy atom. The van der Waals surface area contributed by atoms with Gasteiger partial charge >= 0.3 is 0 Å². The van der Waals surface area contributed by atoms with Gasteiger partial charge in [-0.2, -0.15) is 0 Å². The van der Waals surface area contributed by atoms with Crippen molar-refractivity contribution >= 4 is 35.0 Å². The molecule has 0 radical (unpaired) electrons. The highest BCUT2D eigenvalue weighted by Crippen LogP contribution is 2.27. The van der Waals surface area contributed by atoms with Crippen LogP contribution in [0.25, 0.3) is 0 Å². The molecule has 1 aliphatic rings. The molecule has 1 heterocycles. The summed E-state index contributed by atoms with van der Waals surface area (Å²) in [5.74, 6) is -0.677. The molecule has 1 unspecified atom stereocenters. The first-order valence-corrected chi connectivity index (χ1v) is 9.09. The zero-order valence-corrected chi connectivity index (χ0v) is 15.8. The number of amides is 3. The van der Waals surface area contributed by atoms with E-state index in [9.17, 15) is 14.4 Å². The predicted molar refractivity (Wildman–Crippen MR) is 106 cm³/mol. The maximum Gasteiger partial charge on any atom is 0.261 e. The number of carbonyl (C=O) groups is 3. The second-order valence-corrected chi connectivity index (χ2v) is 6.64. The normalized spacial score (nSPS) is 16.2. The number of ether oxygens (including phenoxy) is 1. The van der Waals surface area contributed by atoms with Crippen molar-refractivity contribution in [1.82, 2.24) is 4.90 Å². The number of benzene rings is 2. The second-order valence-electron chi connectivity index (χ2n) is 6.20. The van der Waals surface area contributed by atoms with Crippen LogP contribution in [0.4, 0.5) is 5.69 Å². The molecule has 0 saturated carbocycles. The SMILES string of the molecule is C=CCN(C(=O)COc1ccccc1)C1CC(=O)N(c2ccc(Cl)cc2)C1=O. The van der Waals surface area contributed by atoms with Crippen molar-refractivity contribution in [3.63, 3.8) is 0 Å². The lowest BCUT2D eigenvalue weighted by Crippen LogP contribution is -2.47. The number of nitrogens with zero attached hydrogens (tertiary/aromatic N) is 2. The molecule has 2 aromatic rings. The highest BCUT2D eigenvalue weighted by molar-refractivity contribution is 6.30. The van der Waals surface area contributed by atoms with E-state index in [0.29, 0.717) is 16.5 Å². The number of hydrogen-bond donors (Lipinski definition) is 0. The molecule has 3 rings (SSSR count). The minimum Gasteiger partial charge on any atom is -0.484 e. The fraction of sp³-hybridized carbons (Fsp3) is 0.190. The Morgan fingerprint density at radius 1 is 1.18 bits per heavy atom. The maximum atomic E-state index is 12.9. The summed E-state index contributed by atoms with van der Waals surface area (Å²) in [6.45, 7) is 3.54. The molecule has 0 aromatic heterocycles. The number of halogens is 1. The van der Waals surface area contributed by atoms with Gasteiger partial charge in [-0.3, -0.25) is 14.4 Å². The molecule has 0 spiro atoms. The van der Waals surface area contributed by atoms with Crippen molar-refractivity contribution < 1.29 is 19.1 Å². The van der Waals surface area contributed by atoms with Crippen LogP contribution in [-0.4, -0.2) is 41.8 Å². The van der Waals surface area contributed by atoms with Crippen molar-refractivity contribution in [2.75, 3.05) is 18.1 Å². The summed E-state index contributed by atoms with van der Waals surface area (Å²) in [6, 6.07) is 14.4. The van der Waals surface area contributed by atoms with Gasteiger partial charge in [-0.25, -0.2) is 4.90 Å². The minimum atomic E-state index is -0.895. The molecular formula is C21H19ClN2O4. The molecule has 0 aliphatic carbocycles. The van der Waals surface area contributed by atoms with Crippen LogP contribution in [0.1, 0.15) is 6.42 Å².